The largest absolute Gasteiger partial charge is 0.300 e. The molecular formula is C18H15N7O2. The molecule has 0 aromatic carbocycles. The van der Waals surface area contributed by atoms with Gasteiger partial charge in [-0.1, -0.05) is 12.1 Å². The summed E-state index contributed by atoms with van der Waals surface area (Å²) < 4.78 is 1.29. The summed E-state index contributed by atoms with van der Waals surface area (Å²) in [5.41, 5.74) is 0.787. The minimum absolute atomic E-state index is 0.105. The second kappa shape index (κ2) is 6.45. The average Bonchev–Trinajstić information content (AvgIpc) is 3.14. The van der Waals surface area contributed by atoms with E-state index in [1.54, 1.807) is 62.6 Å². The number of aromatic amines is 1. The summed E-state index contributed by atoms with van der Waals surface area (Å²) in [7, 11) is 0. The van der Waals surface area contributed by atoms with Crippen LogP contribution in [0.1, 0.15) is 12.6 Å². The number of aromatic nitrogens is 4. The molecule has 0 spiro atoms. The molecule has 4 rings (SSSR count). The van der Waals surface area contributed by atoms with Crippen LogP contribution in [0.15, 0.2) is 63.7 Å². The number of carbonyl (C=O) groups is 1. The Labute approximate surface area is 153 Å². The molecule has 1 amide bonds. The summed E-state index contributed by atoms with van der Waals surface area (Å²) in [5, 5.41) is 8.32. The van der Waals surface area contributed by atoms with Crippen LogP contribution in [0.5, 0.6) is 0 Å². The summed E-state index contributed by atoms with van der Waals surface area (Å²) >= 11 is 0. The lowest BCUT2D eigenvalue weighted by atomic mass is 10.2. The van der Waals surface area contributed by atoms with Crippen molar-refractivity contribution in [1.29, 1.82) is 0 Å². The zero-order chi connectivity index (χ0) is 19.0. The number of nitrogens with one attached hydrogen (secondary N) is 1. The smallest absolute Gasteiger partial charge is 0.292 e. The van der Waals surface area contributed by atoms with Crippen LogP contribution in [0.25, 0.3) is 5.82 Å². The van der Waals surface area contributed by atoms with E-state index in [1.165, 1.54) is 9.69 Å². The first kappa shape index (κ1) is 16.6. The third-order valence-electron chi connectivity index (χ3n) is 4.00. The molecule has 1 N–H and O–H groups in total. The summed E-state index contributed by atoms with van der Waals surface area (Å²) in [6.07, 6.45) is 3.16. The number of nitrogens with zero attached hydrogens (tertiary/aromatic N) is 6. The van der Waals surface area contributed by atoms with Gasteiger partial charge in [0, 0.05) is 12.4 Å². The number of rotatable bonds is 3. The van der Waals surface area contributed by atoms with Crippen LogP contribution in [0, 0.1) is 6.92 Å². The van der Waals surface area contributed by atoms with E-state index < -0.39 is 11.5 Å². The molecule has 0 radical (unpaired) electrons. The summed E-state index contributed by atoms with van der Waals surface area (Å²) in [5.74, 6) is 0.398. The standard InChI is InChI=1S/C18H15N7O2/c1-11-15(17(26)24(22-11)13-7-3-5-9-19-13)21-16-12(2)23-25(18(16)27)14-8-4-6-10-20-14/h3-10,22H,1-2H3. The zero-order valence-corrected chi connectivity index (χ0v) is 14.6. The Kier molecular flexibility index (Phi) is 3.96. The van der Waals surface area contributed by atoms with Crippen LogP contribution in [-0.2, 0) is 4.79 Å². The first-order valence-electron chi connectivity index (χ1n) is 8.19. The maximum Gasteiger partial charge on any atom is 0.300 e. The number of carbonyl (C=O) groups excluding carboxylic acids is 1. The third-order valence-corrected chi connectivity index (χ3v) is 4.00. The first-order chi connectivity index (χ1) is 13.1. The molecule has 0 unspecified atom stereocenters. The molecule has 9 nitrogen and oxygen atoms in total. The lowest BCUT2D eigenvalue weighted by molar-refractivity contribution is -0.112. The van der Waals surface area contributed by atoms with Crippen molar-refractivity contribution in [3.63, 3.8) is 0 Å². The fraction of sp³-hybridized carbons (Fsp3) is 0.111. The Morgan fingerprint density at radius 3 is 2.26 bits per heavy atom. The SMILES string of the molecule is CC1=NN(c2ccccn2)C(=O)C1=Nc1c(C)[nH]n(-c2ccccn2)c1=O. The highest BCUT2D eigenvalue weighted by molar-refractivity contribution is 6.71. The van der Waals surface area contributed by atoms with E-state index in [1.807, 2.05) is 0 Å². The van der Waals surface area contributed by atoms with E-state index >= 15 is 0 Å². The molecule has 3 aromatic heterocycles. The van der Waals surface area contributed by atoms with Gasteiger partial charge in [-0.15, -0.1) is 0 Å². The molecule has 1 aliphatic heterocycles. The van der Waals surface area contributed by atoms with Crippen LogP contribution in [0.4, 0.5) is 11.5 Å². The molecule has 1 aliphatic rings. The lowest BCUT2D eigenvalue weighted by Crippen LogP contribution is -2.28. The summed E-state index contributed by atoms with van der Waals surface area (Å²) in [6, 6.07) is 10.4. The van der Waals surface area contributed by atoms with E-state index in [0.717, 1.165) is 0 Å². The van der Waals surface area contributed by atoms with E-state index in [4.69, 9.17) is 0 Å². The number of hydrogen-bond acceptors (Lipinski definition) is 6. The van der Waals surface area contributed by atoms with Gasteiger partial charge in [-0.2, -0.15) is 14.8 Å². The number of hydrazone groups is 1. The summed E-state index contributed by atoms with van der Waals surface area (Å²) in [4.78, 5) is 38.1. The van der Waals surface area contributed by atoms with Gasteiger partial charge in [0.25, 0.3) is 5.56 Å². The van der Waals surface area contributed by atoms with Crippen LogP contribution in [0.2, 0.25) is 0 Å². The Hall–Kier alpha value is -3.88. The van der Waals surface area contributed by atoms with E-state index in [2.05, 4.69) is 25.2 Å². The van der Waals surface area contributed by atoms with Crippen molar-refractivity contribution in [2.75, 3.05) is 5.01 Å². The molecule has 0 aliphatic carbocycles. The van der Waals surface area contributed by atoms with Crippen LogP contribution in [0.3, 0.4) is 0 Å². The van der Waals surface area contributed by atoms with Crippen molar-refractivity contribution in [1.82, 2.24) is 19.7 Å². The summed E-state index contributed by atoms with van der Waals surface area (Å²) in [6.45, 7) is 3.38. The monoisotopic (exact) mass is 361 g/mol. The Morgan fingerprint density at radius 1 is 0.963 bits per heavy atom. The van der Waals surface area contributed by atoms with Gasteiger partial charge < -0.3 is 0 Å². The van der Waals surface area contributed by atoms with Crippen molar-refractivity contribution in [3.05, 3.63) is 64.8 Å². The molecule has 9 heteroatoms. The molecule has 134 valence electrons. The van der Waals surface area contributed by atoms with Gasteiger partial charge in [0.05, 0.1) is 11.4 Å². The number of amides is 1. The Balaban J connectivity index is 1.75. The molecule has 4 heterocycles. The minimum atomic E-state index is -0.435. The van der Waals surface area contributed by atoms with Gasteiger partial charge in [0.15, 0.2) is 23.0 Å². The van der Waals surface area contributed by atoms with E-state index in [0.29, 0.717) is 23.0 Å². The van der Waals surface area contributed by atoms with Gasteiger partial charge in [-0.25, -0.2) is 15.0 Å². The van der Waals surface area contributed by atoms with Gasteiger partial charge in [0.2, 0.25) is 0 Å². The fourth-order valence-electron chi connectivity index (χ4n) is 2.69. The Bertz CT molecular complexity index is 1130. The maximum atomic E-state index is 12.8. The molecule has 0 atom stereocenters. The van der Waals surface area contributed by atoms with Gasteiger partial charge >= 0.3 is 5.91 Å². The number of aryl methyl sites for hydroxylation is 1. The van der Waals surface area contributed by atoms with Crippen molar-refractivity contribution >= 4 is 28.8 Å². The van der Waals surface area contributed by atoms with Gasteiger partial charge in [0.1, 0.15) is 0 Å². The lowest BCUT2D eigenvalue weighted by Gasteiger charge is -2.08. The number of pyridine rings is 2. The fourth-order valence-corrected chi connectivity index (χ4v) is 2.69. The number of anilines is 1. The molecule has 3 aromatic rings. The normalized spacial score (nSPS) is 15.5. The first-order valence-corrected chi connectivity index (χ1v) is 8.19. The average molecular weight is 361 g/mol. The zero-order valence-electron chi connectivity index (χ0n) is 14.6. The molecule has 0 saturated heterocycles. The van der Waals surface area contributed by atoms with Crippen molar-refractivity contribution in [2.24, 2.45) is 10.1 Å². The highest BCUT2D eigenvalue weighted by Gasteiger charge is 2.32. The van der Waals surface area contributed by atoms with Gasteiger partial charge in [-0.3, -0.25) is 14.7 Å². The van der Waals surface area contributed by atoms with Crippen molar-refractivity contribution < 1.29 is 4.79 Å². The molecule has 0 saturated carbocycles. The van der Waals surface area contributed by atoms with E-state index in [9.17, 15) is 9.59 Å². The highest BCUT2D eigenvalue weighted by atomic mass is 16.2. The Morgan fingerprint density at radius 2 is 1.63 bits per heavy atom. The maximum absolute atomic E-state index is 12.8. The van der Waals surface area contributed by atoms with Crippen molar-refractivity contribution in [3.8, 4) is 5.82 Å². The van der Waals surface area contributed by atoms with Crippen molar-refractivity contribution in [2.45, 2.75) is 13.8 Å². The number of aliphatic imine (C=N–C) groups is 1. The topological polar surface area (TPSA) is 109 Å². The van der Waals surface area contributed by atoms with Crippen LogP contribution >= 0.6 is 0 Å². The second-order valence-electron chi connectivity index (χ2n) is 5.86. The number of H-pyrrole nitrogens is 1. The van der Waals surface area contributed by atoms with Gasteiger partial charge in [-0.05, 0) is 38.1 Å². The predicted molar refractivity (Wildman–Crippen MR) is 101 cm³/mol. The molecule has 0 fully saturated rings. The third kappa shape index (κ3) is 2.84. The van der Waals surface area contributed by atoms with E-state index in [-0.39, 0.29) is 11.4 Å². The second-order valence-corrected chi connectivity index (χ2v) is 5.86. The van der Waals surface area contributed by atoms with Crippen LogP contribution < -0.4 is 10.6 Å². The minimum Gasteiger partial charge on any atom is -0.292 e. The quantitative estimate of drug-likeness (QED) is 0.766. The van der Waals surface area contributed by atoms with Crippen LogP contribution in [-0.4, -0.2) is 37.1 Å². The molecular weight excluding hydrogens is 346 g/mol. The predicted octanol–water partition coefficient (Wildman–Crippen LogP) is 1.76. The molecule has 27 heavy (non-hydrogen) atoms. The molecule has 0 bridgehead atoms. The number of hydrogen-bond donors (Lipinski definition) is 1. The highest BCUT2D eigenvalue weighted by Crippen LogP contribution is 2.20.